The Labute approximate surface area is 88.7 Å². The van der Waals surface area contributed by atoms with Gasteiger partial charge in [-0.15, -0.1) is 0 Å². The summed E-state index contributed by atoms with van der Waals surface area (Å²) in [6.07, 6.45) is 1.24. The zero-order chi connectivity index (χ0) is 11.9. The van der Waals surface area contributed by atoms with E-state index in [4.69, 9.17) is 11.1 Å². The number of nitrogens with two attached hydrogens (primary N) is 1. The van der Waals surface area contributed by atoms with Crippen molar-refractivity contribution in [3.63, 3.8) is 0 Å². The first-order valence-corrected chi connectivity index (χ1v) is 4.37. The zero-order valence-electron chi connectivity index (χ0n) is 8.41. The molecule has 16 heavy (non-hydrogen) atoms. The highest BCUT2D eigenvalue weighted by atomic mass is 16.2. The smallest absolute Gasteiger partial charge is 0.333 e. The van der Waals surface area contributed by atoms with Crippen LogP contribution in [0.5, 0.6) is 0 Å². The van der Waals surface area contributed by atoms with Gasteiger partial charge in [-0.2, -0.15) is 5.26 Å². The summed E-state index contributed by atoms with van der Waals surface area (Å²) in [5.74, 6) is 5.50. The maximum atomic E-state index is 11.8. The lowest BCUT2D eigenvalue weighted by atomic mass is 10.5. The molecule has 0 unspecified atom stereocenters. The van der Waals surface area contributed by atoms with Crippen molar-refractivity contribution < 1.29 is 0 Å². The summed E-state index contributed by atoms with van der Waals surface area (Å²) in [6, 6.07) is 1.75. The molecule has 0 bridgehead atoms. The third-order valence-electron chi connectivity index (χ3n) is 2.29. The predicted molar refractivity (Wildman–Crippen MR) is 55.0 cm³/mol. The van der Waals surface area contributed by atoms with E-state index < -0.39 is 11.2 Å². The average Bonchev–Trinajstić information content (AvgIpc) is 2.64. The molecule has 0 fully saturated rings. The van der Waals surface area contributed by atoms with Crippen LogP contribution < -0.4 is 17.1 Å². The molecule has 0 spiro atoms. The van der Waals surface area contributed by atoms with E-state index in [0.717, 1.165) is 9.24 Å². The van der Waals surface area contributed by atoms with Gasteiger partial charge in [-0.1, -0.05) is 0 Å². The Morgan fingerprint density at radius 3 is 2.88 bits per heavy atom. The van der Waals surface area contributed by atoms with E-state index in [0.29, 0.717) is 0 Å². The predicted octanol–water partition coefficient (Wildman–Crippen LogP) is -1.87. The molecule has 0 aliphatic heterocycles. The topological polar surface area (TPSA) is 112 Å². The van der Waals surface area contributed by atoms with Gasteiger partial charge in [-0.25, -0.2) is 19.0 Å². The molecular weight excluding hydrogens is 212 g/mol. The van der Waals surface area contributed by atoms with Gasteiger partial charge in [-0.05, 0) is 0 Å². The maximum Gasteiger partial charge on any atom is 0.333 e. The van der Waals surface area contributed by atoms with Gasteiger partial charge in [0.2, 0.25) is 0 Å². The fraction of sp³-hybridized carbons (Fsp3) is 0.250. The standard InChI is InChI=1S/C8H8N6O2/c1-12-6-5(14(10)4-11-6)7(15)13(3-2-9)8(12)16/h4H,3,10H2,1H3. The molecule has 0 amide bonds. The highest BCUT2D eigenvalue weighted by molar-refractivity contribution is 5.69. The van der Waals surface area contributed by atoms with Gasteiger partial charge in [0.05, 0.1) is 6.07 Å². The maximum absolute atomic E-state index is 11.8. The van der Waals surface area contributed by atoms with E-state index in [1.54, 1.807) is 6.07 Å². The van der Waals surface area contributed by atoms with Gasteiger partial charge in [0.1, 0.15) is 12.9 Å². The molecule has 0 radical (unpaired) electrons. The Morgan fingerprint density at radius 2 is 2.25 bits per heavy atom. The van der Waals surface area contributed by atoms with Crippen molar-refractivity contribution in [1.29, 1.82) is 5.26 Å². The highest BCUT2D eigenvalue weighted by Gasteiger charge is 2.14. The molecule has 82 valence electrons. The van der Waals surface area contributed by atoms with E-state index in [2.05, 4.69) is 4.98 Å². The molecule has 0 aromatic carbocycles. The van der Waals surface area contributed by atoms with Crippen LogP contribution in [0.1, 0.15) is 0 Å². The Kier molecular flexibility index (Phi) is 2.02. The molecule has 0 aliphatic carbocycles. The van der Waals surface area contributed by atoms with E-state index in [1.807, 2.05) is 0 Å². The number of fused-ring (bicyclic) bond motifs is 1. The van der Waals surface area contributed by atoms with Gasteiger partial charge >= 0.3 is 5.69 Å². The molecule has 0 saturated heterocycles. The SMILES string of the molecule is Cn1c(=O)n(CC#N)c(=O)c2c1ncn2N. The first kappa shape index (κ1) is 9.97. The first-order chi connectivity index (χ1) is 7.57. The lowest BCUT2D eigenvalue weighted by Gasteiger charge is -2.04. The number of nitrogen functional groups attached to an aromatic ring is 1. The Bertz CT molecular complexity index is 713. The largest absolute Gasteiger partial charge is 0.337 e. The first-order valence-electron chi connectivity index (χ1n) is 4.37. The Morgan fingerprint density at radius 1 is 1.56 bits per heavy atom. The summed E-state index contributed by atoms with van der Waals surface area (Å²) in [5, 5.41) is 8.54. The van der Waals surface area contributed by atoms with Crippen molar-refractivity contribution in [3.05, 3.63) is 27.2 Å². The number of hydrogen-bond donors (Lipinski definition) is 1. The summed E-state index contributed by atoms with van der Waals surface area (Å²) < 4.78 is 3.02. The number of aromatic nitrogens is 4. The lowest BCUT2D eigenvalue weighted by Crippen LogP contribution is -2.39. The van der Waals surface area contributed by atoms with Gasteiger partial charge in [-0.3, -0.25) is 9.36 Å². The molecule has 2 aromatic rings. The van der Waals surface area contributed by atoms with E-state index in [9.17, 15) is 9.59 Å². The third kappa shape index (κ3) is 1.12. The quantitative estimate of drug-likeness (QED) is 0.566. The minimum Gasteiger partial charge on any atom is -0.337 e. The molecule has 2 rings (SSSR count). The fourth-order valence-corrected chi connectivity index (χ4v) is 1.50. The molecule has 8 heteroatoms. The number of imidazole rings is 1. The van der Waals surface area contributed by atoms with Crippen LogP contribution in [0.15, 0.2) is 15.9 Å². The van der Waals surface area contributed by atoms with Crippen molar-refractivity contribution in [1.82, 2.24) is 18.8 Å². The zero-order valence-corrected chi connectivity index (χ0v) is 8.41. The summed E-state index contributed by atoms with van der Waals surface area (Å²) in [4.78, 5) is 27.4. The van der Waals surface area contributed by atoms with Crippen LogP contribution in [0, 0.1) is 11.3 Å². The molecule has 2 aromatic heterocycles. The second-order valence-corrected chi connectivity index (χ2v) is 3.22. The lowest BCUT2D eigenvalue weighted by molar-refractivity contribution is 0.671. The minimum atomic E-state index is -0.611. The minimum absolute atomic E-state index is 0.0948. The molecule has 2 heterocycles. The molecule has 0 aliphatic rings. The fourth-order valence-electron chi connectivity index (χ4n) is 1.50. The van der Waals surface area contributed by atoms with Crippen molar-refractivity contribution in [2.45, 2.75) is 6.54 Å². The molecule has 8 nitrogen and oxygen atoms in total. The van der Waals surface area contributed by atoms with Gasteiger partial charge in [0.15, 0.2) is 11.2 Å². The Hall–Kier alpha value is -2.56. The van der Waals surface area contributed by atoms with Crippen LogP contribution in [0.2, 0.25) is 0 Å². The van der Waals surface area contributed by atoms with Crippen LogP contribution in [0.4, 0.5) is 0 Å². The average molecular weight is 220 g/mol. The monoisotopic (exact) mass is 220 g/mol. The van der Waals surface area contributed by atoms with Crippen molar-refractivity contribution in [3.8, 4) is 6.07 Å². The second kappa shape index (κ2) is 3.23. The summed E-state index contributed by atoms with van der Waals surface area (Å²) in [5.41, 5.74) is -0.901. The normalized spacial score (nSPS) is 10.5. The Balaban J connectivity index is 3.05. The van der Waals surface area contributed by atoms with Gasteiger partial charge < -0.3 is 5.84 Å². The number of aryl methyl sites for hydroxylation is 1. The van der Waals surface area contributed by atoms with Crippen molar-refractivity contribution in [2.24, 2.45) is 7.05 Å². The summed E-state index contributed by atoms with van der Waals surface area (Å²) >= 11 is 0. The summed E-state index contributed by atoms with van der Waals surface area (Å²) in [6.45, 7) is -0.313. The summed E-state index contributed by atoms with van der Waals surface area (Å²) in [7, 11) is 1.46. The van der Waals surface area contributed by atoms with E-state index in [-0.39, 0.29) is 17.7 Å². The molecule has 2 N–H and O–H groups in total. The van der Waals surface area contributed by atoms with Gasteiger partial charge in [0.25, 0.3) is 5.56 Å². The molecule has 0 saturated carbocycles. The number of nitriles is 1. The van der Waals surface area contributed by atoms with Crippen molar-refractivity contribution >= 4 is 11.2 Å². The van der Waals surface area contributed by atoms with E-state index in [1.165, 1.54) is 17.9 Å². The third-order valence-corrected chi connectivity index (χ3v) is 2.29. The number of rotatable bonds is 1. The van der Waals surface area contributed by atoms with Crippen LogP contribution in [0.3, 0.4) is 0 Å². The van der Waals surface area contributed by atoms with Crippen LogP contribution >= 0.6 is 0 Å². The van der Waals surface area contributed by atoms with Crippen LogP contribution in [0.25, 0.3) is 11.2 Å². The molecule has 0 atom stereocenters. The highest BCUT2D eigenvalue weighted by Crippen LogP contribution is 2.00. The van der Waals surface area contributed by atoms with E-state index >= 15 is 0 Å². The van der Waals surface area contributed by atoms with Gasteiger partial charge in [0, 0.05) is 7.05 Å². The van der Waals surface area contributed by atoms with Crippen LogP contribution in [-0.4, -0.2) is 18.8 Å². The second-order valence-electron chi connectivity index (χ2n) is 3.22. The van der Waals surface area contributed by atoms with Crippen molar-refractivity contribution in [2.75, 3.05) is 5.84 Å². The molecular formula is C8H8N6O2. The number of nitrogens with zero attached hydrogens (tertiary/aromatic N) is 5. The number of hydrogen-bond acceptors (Lipinski definition) is 5. The van der Waals surface area contributed by atoms with Crippen LogP contribution in [-0.2, 0) is 13.6 Å².